The summed E-state index contributed by atoms with van der Waals surface area (Å²) in [5, 5.41) is 13.8. The molecule has 0 bridgehead atoms. The van der Waals surface area contributed by atoms with Crippen molar-refractivity contribution in [3.63, 3.8) is 0 Å². The van der Waals surface area contributed by atoms with E-state index in [9.17, 15) is 5.11 Å². The SMILES string of the molecule is Cc1cc(C)nc(CN(C)C[C@]2(O)CCCNC2)c1. The molecule has 0 aliphatic carbocycles. The van der Waals surface area contributed by atoms with Crippen LogP contribution in [0, 0.1) is 13.8 Å². The van der Waals surface area contributed by atoms with Crippen molar-refractivity contribution in [2.45, 2.75) is 38.8 Å². The standard InChI is InChI=1S/C15H25N3O/c1-12-7-13(2)17-14(8-12)9-18(3)11-15(19)5-4-6-16-10-15/h7-8,16,19H,4-6,9-11H2,1-3H3/t15-/m0/s1. The van der Waals surface area contributed by atoms with Crippen molar-refractivity contribution in [2.24, 2.45) is 0 Å². The monoisotopic (exact) mass is 263 g/mol. The van der Waals surface area contributed by atoms with E-state index in [1.54, 1.807) is 0 Å². The molecule has 1 aliphatic heterocycles. The normalized spacial score (nSPS) is 23.8. The van der Waals surface area contributed by atoms with Crippen molar-refractivity contribution in [3.8, 4) is 0 Å². The second-order valence-corrected chi connectivity index (χ2v) is 5.95. The Morgan fingerprint density at radius 3 is 2.84 bits per heavy atom. The molecular formula is C15H25N3O. The minimum absolute atomic E-state index is 0.591. The Morgan fingerprint density at radius 2 is 2.21 bits per heavy atom. The average molecular weight is 263 g/mol. The van der Waals surface area contributed by atoms with Crippen molar-refractivity contribution < 1.29 is 5.11 Å². The summed E-state index contributed by atoms with van der Waals surface area (Å²) in [5.74, 6) is 0. The number of β-amino-alcohol motifs (C(OH)–C–C–N with tert-alkyl or cyclic N) is 1. The number of nitrogens with zero attached hydrogens (tertiary/aromatic N) is 2. The van der Waals surface area contributed by atoms with Crippen molar-refractivity contribution >= 4 is 0 Å². The number of nitrogens with one attached hydrogen (secondary N) is 1. The van der Waals surface area contributed by atoms with Crippen LogP contribution in [0.15, 0.2) is 12.1 Å². The van der Waals surface area contributed by atoms with E-state index >= 15 is 0 Å². The van der Waals surface area contributed by atoms with Gasteiger partial charge in [0.05, 0.1) is 11.3 Å². The Morgan fingerprint density at radius 1 is 1.42 bits per heavy atom. The molecule has 106 valence electrons. The fourth-order valence-corrected chi connectivity index (χ4v) is 2.93. The quantitative estimate of drug-likeness (QED) is 0.858. The van der Waals surface area contributed by atoms with Crippen molar-refractivity contribution in [3.05, 3.63) is 29.1 Å². The molecule has 19 heavy (non-hydrogen) atoms. The summed E-state index contributed by atoms with van der Waals surface area (Å²) in [6.45, 7) is 7.30. The molecule has 0 amide bonds. The lowest BCUT2D eigenvalue weighted by atomic mass is 9.93. The van der Waals surface area contributed by atoms with E-state index in [0.717, 1.165) is 37.3 Å². The van der Waals surface area contributed by atoms with Crippen molar-refractivity contribution in [2.75, 3.05) is 26.7 Å². The van der Waals surface area contributed by atoms with E-state index in [4.69, 9.17) is 0 Å². The largest absolute Gasteiger partial charge is 0.387 e. The molecule has 0 spiro atoms. The first kappa shape index (κ1) is 14.4. The highest BCUT2D eigenvalue weighted by Crippen LogP contribution is 2.18. The van der Waals surface area contributed by atoms with Crippen LogP contribution < -0.4 is 5.32 Å². The van der Waals surface area contributed by atoms with Gasteiger partial charge in [0.15, 0.2) is 0 Å². The van der Waals surface area contributed by atoms with E-state index in [0.29, 0.717) is 13.1 Å². The first-order valence-corrected chi connectivity index (χ1v) is 7.03. The zero-order valence-corrected chi connectivity index (χ0v) is 12.2. The minimum Gasteiger partial charge on any atom is -0.387 e. The smallest absolute Gasteiger partial charge is 0.0898 e. The first-order valence-electron chi connectivity index (χ1n) is 7.03. The van der Waals surface area contributed by atoms with Gasteiger partial charge in [-0.05, 0) is 58.0 Å². The molecule has 1 aliphatic rings. The second-order valence-electron chi connectivity index (χ2n) is 5.95. The number of piperidine rings is 1. The molecule has 1 atom stereocenters. The zero-order valence-electron chi connectivity index (χ0n) is 12.2. The number of aromatic nitrogens is 1. The first-order chi connectivity index (χ1) is 8.97. The number of pyridine rings is 1. The summed E-state index contributed by atoms with van der Waals surface area (Å²) in [5.41, 5.74) is 2.79. The van der Waals surface area contributed by atoms with Crippen LogP contribution in [0.25, 0.3) is 0 Å². The minimum atomic E-state index is -0.591. The Labute approximate surface area is 115 Å². The topological polar surface area (TPSA) is 48.4 Å². The summed E-state index contributed by atoms with van der Waals surface area (Å²) < 4.78 is 0. The number of hydrogen-bond donors (Lipinski definition) is 2. The number of likely N-dealkylation sites (N-methyl/N-ethyl adjacent to an activating group) is 1. The lowest BCUT2D eigenvalue weighted by Gasteiger charge is -2.35. The van der Waals surface area contributed by atoms with Gasteiger partial charge >= 0.3 is 0 Å². The van der Waals surface area contributed by atoms with Crippen LogP contribution in [-0.4, -0.2) is 47.3 Å². The Balaban J connectivity index is 1.94. The molecule has 1 saturated heterocycles. The molecule has 0 saturated carbocycles. The van der Waals surface area contributed by atoms with Crippen LogP contribution in [0.5, 0.6) is 0 Å². The fraction of sp³-hybridized carbons (Fsp3) is 0.667. The van der Waals surface area contributed by atoms with Gasteiger partial charge in [0, 0.05) is 25.3 Å². The zero-order chi connectivity index (χ0) is 13.9. The van der Waals surface area contributed by atoms with Crippen LogP contribution >= 0.6 is 0 Å². The maximum absolute atomic E-state index is 10.5. The Kier molecular flexibility index (Phi) is 4.55. The summed E-state index contributed by atoms with van der Waals surface area (Å²) in [6, 6.07) is 4.20. The van der Waals surface area contributed by atoms with E-state index in [1.165, 1.54) is 5.56 Å². The number of aliphatic hydroxyl groups is 1. The van der Waals surface area contributed by atoms with Crippen molar-refractivity contribution in [1.29, 1.82) is 0 Å². The van der Waals surface area contributed by atoms with Gasteiger partial charge in [-0.2, -0.15) is 0 Å². The van der Waals surface area contributed by atoms with E-state index in [1.807, 2.05) is 14.0 Å². The third-order valence-electron chi connectivity index (χ3n) is 3.60. The van der Waals surface area contributed by atoms with E-state index < -0.39 is 5.60 Å². The maximum atomic E-state index is 10.5. The molecule has 2 heterocycles. The molecule has 2 rings (SSSR count). The average Bonchev–Trinajstić information content (AvgIpc) is 2.27. The number of hydrogen-bond acceptors (Lipinski definition) is 4. The fourth-order valence-electron chi connectivity index (χ4n) is 2.93. The van der Waals surface area contributed by atoms with Crippen LogP contribution in [0.3, 0.4) is 0 Å². The van der Waals surface area contributed by atoms with Gasteiger partial charge in [-0.15, -0.1) is 0 Å². The lowest BCUT2D eigenvalue weighted by molar-refractivity contribution is -0.0114. The van der Waals surface area contributed by atoms with Crippen LogP contribution in [0.4, 0.5) is 0 Å². The highest BCUT2D eigenvalue weighted by Gasteiger charge is 2.30. The van der Waals surface area contributed by atoms with Crippen LogP contribution in [-0.2, 0) is 6.54 Å². The molecule has 0 unspecified atom stereocenters. The molecule has 4 heteroatoms. The molecule has 4 nitrogen and oxygen atoms in total. The summed E-state index contributed by atoms with van der Waals surface area (Å²) >= 11 is 0. The van der Waals surface area contributed by atoms with E-state index in [-0.39, 0.29) is 0 Å². The number of rotatable bonds is 4. The predicted octanol–water partition coefficient (Wildman–Crippen LogP) is 1.24. The Hall–Kier alpha value is -0.970. The van der Waals surface area contributed by atoms with Gasteiger partial charge in [-0.1, -0.05) is 0 Å². The lowest BCUT2D eigenvalue weighted by Crippen LogP contribution is -2.52. The molecule has 1 aromatic heterocycles. The van der Waals surface area contributed by atoms with Gasteiger partial charge in [-0.25, -0.2) is 0 Å². The van der Waals surface area contributed by atoms with Gasteiger partial charge in [0.1, 0.15) is 0 Å². The van der Waals surface area contributed by atoms with E-state index in [2.05, 4.69) is 34.3 Å². The van der Waals surface area contributed by atoms with Gasteiger partial charge in [0.2, 0.25) is 0 Å². The summed E-state index contributed by atoms with van der Waals surface area (Å²) in [6.07, 6.45) is 1.93. The molecular weight excluding hydrogens is 238 g/mol. The van der Waals surface area contributed by atoms with Crippen LogP contribution in [0.2, 0.25) is 0 Å². The third-order valence-corrected chi connectivity index (χ3v) is 3.60. The summed E-state index contributed by atoms with van der Waals surface area (Å²) in [7, 11) is 2.05. The highest BCUT2D eigenvalue weighted by molar-refractivity contribution is 5.19. The second kappa shape index (κ2) is 5.99. The highest BCUT2D eigenvalue weighted by atomic mass is 16.3. The Bertz CT molecular complexity index is 407. The molecule has 2 N–H and O–H groups in total. The van der Waals surface area contributed by atoms with Gasteiger partial charge in [0.25, 0.3) is 0 Å². The third kappa shape index (κ3) is 4.27. The van der Waals surface area contributed by atoms with Crippen molar-refractivity contribution in [1.82, 2.24) is 15.2 Å². The summed E-state index contributed by atoms with van der Waals surface area (Å²) in [4.78, 5) is 6.71. The molecule has 1 aromatic rings. The number of aryl methyl sites for hydroxylation is 2. The predicted molar refractivity (Wildman–Crippen MR) is 77.1 cm³/mol. The van der Waals surface area contributed by atoms with Crippen LogP contribution in [0.1, 0.15) is 29.8 Å². The molecule has 0 aromatic carbocycles. The van der Waals surface area contributed by atoms with Gasteiger partial charge < -0.3 is 10.4 Å². The molecule has 0 radical (unpaired) electrons. The van der Waals surface area contributed by atoms with Gasteiger partial charge in [-0.3, -0.25) is 9.88 Å². The maximum Gasteiger partial charge on any atom is 0.0898 e. The molecule has 1 fully saturated rings.